The molecule has 0 heterocycles. The van der Waals surface area contributed by atoms with E-state index in [0.717, 1.165) is 11.3 Å². The molecule has 1 aromatic rings. The zero-order valence-corrected chi connectivity index (χ0v) is 10.4. The van der Waals surface area contributed by atoms with Gasteiger partial charge in [0.15, 0.2) is 5.78 Å². The molecular formula is C14H12ClN2O. The number of anilines is 1. The number of nitrogens with zero attached hydrogens (tertiary/aromatic N) is 1. The topological polar surface area (TPSA) is 55.4 Å². The predicted molar refractivity (Wildman–Crippen MR) is 74.4 cm³/mol. The van der Waals surface area contributed by atoms with Gasteiger partial charge in [-0.1, -0.05) is 18.2 Å². The summed E-state index contributed by atoms with van der Waals surface area (Å²) in [5.41, 5.74) is 7.85. The summed E-state index contributed by atoms with van der Waals surface area (Å²) in [7, 11) is 0. The maximum atomic E-state index is 11.5. The van der Waals surface area contributed by atoms with Gasteiger partial charge in [0.1, 0.15) is 5.38 Å². The molecule has 1 aliphatic carbocycles. The molecule has 3 nitrogen and oxygen atoms in total. The van der Waals surface area contributed by atoms with Crippen LogP contribution in [0, 0.1) is 5.38 Å². The van der Waals surface area contributed by atoms with Crippen LogP contribution in [0.3, 0.4) is 0 Å². The van der Waals surface area contributed by atoms with Crippen LogP contribution in [0.1, 0.15) is 5.56 Å². The van der Waals surface area contributed by atoms with Crippen molar-refractivity contribution in [3.8, 4) is 0 Å². The Morgan fingerprint density at radius 1 is 1.22 bits per heavy atom. The predicted octanol–water partition coefficient (Wildman–Crippen LogP) is 2.68. The Morgan fingerprint density at radius 2 is 1.94 bits per heavy atom. The lowest BCUT2D eigenvalue weighted by atomic mass is 10.1. The minimum Gasteiger partial charge on any atom is -0.399 e. The minimum absolute atomic E-state index is 0.0829. The van der Waals surface area contributed by atoms with Crippen LogP contribution >= 0.6 is 11.6 Å². The number of halogens is 1. The lowest BCUT2D eigenvalue weighted by Crippen LogP contribution is -2.05. The van der Waals surface area contributed by atoms with E-state index < -0.39 is 0 Å². The summed E-state index contributed by atoms with van der Waals surface area (Å²) in [5, 5.41) is 0.531. The number of allylic oxidation sites excluding steroid dienone is 4. The van der Waals surface area contributed by atoms with E-state index in [1.165, 1.54) is 6.08 Å². The first kappa shape index (κ1) is 12.6. The van der Waals surface area contributed by atoms with Gasteiger partial charge in [-0.3, -0.25) is 9.79 Å². The van der Waals surface area contributed by atoms with Crippen LogP contribution < -0.4 is 5.73 Å². The molecule has 1 aliphatic rings. The number of benzene rings is 1. The van der Waals surface area contributed by atoms with Crippen molar-refractivity contribution in [2.75, 3.05) is 5.73 Å². The first-order chi connectivity index (χ1) is 8.65. The molecule has 0 bridgehead atoms. The van der Waals surface area contributed by atoms with E-state index in [2.05, 4.69) is 4.99 Å². The highest BCUT2D eigenvalue weighted by atomic mass is 35.5. The summed E-state index contributed by atoms with van der Waals surface area (Å²) >= 11 is 5.82. The third-order valence-corrected chi connectivity index (χ3v) is 2.69. The summed E-state index contributed by atoms with van der Waals surface area (Å²) in [6, 6.07) is 7.46. The molecule has 0 aromatic heterocycles. The van der Waals surface area contributed by atoms with Crippen LogP contribution in [-0.4, -0.2) is 12.0 Å². The third kappa shape index (κ3) is 3.31. The highest BCUT2D eigenvalue weighted by Crippen LogP contribution is 2.18. The van der Waals surface area contributed by atoms with Crippen molar-refractivity contribution in [3.05, 3.63) is 59.0 Å². The second-order valence-electron chi connectivity index (χ2n) is 3.89. The van der Waals surface area contributed by atoms with Crippen LogP contribution in [0.25, 0.3) is 0 Å². The number of hydrogen-bond acceptors (Lipinski definition) is 3. The fourth-order valence-corrected chi connectivity index (χ4v) is 1.67. The van der Waals surface area contributed by atoms with Gasteiger partial charge < -0.3 is 5.73 Å². The lowest BCUT2D eigenvalue weighted by Gasteiger charge is -2.05. The van der Waals surface area contributed by atoms with Crippen molar-refractivity contribution in [2.45, 2.75) is 6.54 Å². The standard InChI is InChI=1S/C14H12ClN2O/c15-12-3-6-14(18)11(7-12)9-17-8-10-1-4-13(16)5-2-10/h1-7,9H,8,16H2. The van der Waals surface area contributed by atoms with Crippen LogP contribution in [0.15, 0.2) is 53.1 Å². The molecule has 1 radical (unpaired) electrons. The van der Waals surface area contributed by atoms with Gasteiger partial charge in [0, 0.05) is 17.5 Å². The van der Waals surface area contributed by atoms with E-state index in [9.17, 15) is 4.79 Å². The van der Waals surface area contributed by atoms with Crippen molar-refractivity contribution < 1.29 is 4.79 Å². The molecule has 0 amide bonds. The number of nitrogen functional groups attached to an aromatic ring is 1. The maximum absolute atomic E-state index is 11.5. The average molecular weight is 260 g/mol. The van der Waals surface area contributed by atoms with E-state index in [4.69, 9.17) is 17.3 Å². The maximum Gasteiger partial charge on any atom is 0.186 e. The zero-order valence-electron chi connectivity index (χ0n) is 9.64. The van der Waals surface area contributed by atoms with E-state index in [-0.39, 0.29) is 5.78 Å². The summed E-state index contributed by atoms with van der Waals surface area (Å²) < 4.78 is 0. The van der Waals surface area contributed by atoms with Gasteiger partial charge in [-0.15, -0.1) is 11.6 Å². The van der Waals surface area contributed by atoms with E-state index >= 15 is 0 Å². The van der Waals surface area contributed by atoms with Crippen LogP contribution in [0.4, 0.5) is 5.69 Å². The van der Waals surface area contributed by atoms with Crippen molar-refractivity contribution in [2.24, 2.45) is 4.99 Å². The molecule has 91 valence electrons. The number of aliphatic imine (C=N–C) groups is 1. The molecule has 18 heavy (non-hydrogen) atoms. The Bertz CT molecular complexity index is 529. The molecule has 0 spiro atoms. The number of carbonyl (C=O) groups is 1. The van der Waals surface area contributed by atoms with Crippen molar-refractivity contribution in [1.29, 1.82) is 0 Å². The third-order valence-electron chi connectivity index (χ3n) is 2.46. The van der Waals surface area contributed by atoms with Gasteiger partial charge in [0.2, 0.25) is 0 Å². The smallest absolute Gasteiger partial charge is 0.186 e. The largest absolute Gasteiger partial charge is 0.399 e. The molecule has 2 rings (SSSR count). The molecule has 0 unspecified atom stereocenters. The van der Waals surface area contributed by atoms with Gasteiger partial charge in [0.25, 0.3) is 0 Å². The van der Waals surface area contributed by atoms with Crippen molar-refractivity contribution in [3.63, 3.8) is 0 Å². The van der Waals surface area contributed by atoms with E-state index in [1.807, 2.05) is 24.3 Å². The fraction of sp³-hybridized carbons (Fsp3) is 0.0714. The van der Waals surface area contributed by atoms with Gasteiger partial charge in [-0.05, 0) is 29.8 Å². The molecule has 2 N–H and O–H groups in total. The number of hydrogen-bond donors (Lipinski definition) is 1. The molecule has 0 saturated carbocycles. The summed E-state index contributed by atoms with van der Waals surface area (Å²) in [5.74, 6) is -0.0829. The van der Waals surface area contributed by atoms with Gasteiger partial charge in [-0.25, -0.2) is 0 Å². The Hall–Kier alpha value is -1.87. The van der Waals surface area contributed by atoms with E-state index in [1.54, 1.807) is 18.4 Å². The number of ketones is 1. The Kier molecular flexibility index (Phi) is 3.95. The summed E-state index contributed by atoms with van der Waals surface area (Å²) in [4.78, 5) is 15.7. The zero-order chi connectivity index (χ0) is 13.0. The second kappa shape index (κ2) is 5.65. The molecule has 0 saturated heterocycles. The summed E-state index contributed by atoms with van der Waals surface area (Å²) in [6.45, 7) is 0.506. The Morgan fingerprint density at radius 3 is 2.67 bits per heavy atom. The van der Waals surface area contributed by atoms with Crippen molar-refractivity contribution >= 4 is 29.3 Å². The monoisotopic (exact) mass is 259 g/mol. The first-order valence-electron chi connectivity index (χ1n) is 5.46. The summed E-state index contributed by atoms with van der Waals surface area (Å²) in [6.07, 6.45) is 6.16. The molecule has 0 fully saturated rings. The number of nitrogens with two attached hydrogens (primary N) is 1. The quantitative estimate of drug-likeness (QED) is 0.670. The van der Waals surface area contributed by atoms with Crippen LogP contribution in [0.2, 0.25) is 0 Å². The van der Waals surface area contributed by atoms with Gasteiger partial charge in [0.05, 0.1) is 6.54 Å². The first-order valence-corrected chi connectivity index (χ1v) is 5.84. The fourth-order valence-electron chi connectivity index (χ4n) is 1.49. The number of carbonyl (C=O) groups excluding carboxylic acids is 1. The van der Waals surface area contributed by atoms with Crippen LogP contribution in [-0.2, 0) is 11.3 Å². The van der Waals surface area contributed by atoms with Gasteiger partial charge >= 0.3 is 0 Å². The number of rotatable bonds is 3. The highest BCUT2D eigenvalue weighted by Gasteiger charge is 2.11. The SMILES string of the molecule is Nc1ccc(CN=CC2=C[C](Cl)C=CC2=O)cc1. The van der Waals surface area contributed by atoms with Gasteiger partial charge in [-0.2, -0.15) is 0 Å². The molecule has 0 atom stereocenters. The van der Waals surface area contributed by atoms with Crippen LogP contribution in [0.5, 0.6) is 0 Å². The Labute approximate surface area is 111 Å². The normalized spacial score (nSPS) is 16.3. The molecule has 0 aliphatic heterocycles. The molecule has 4 heteroatoms. The lowest BCUT2D eigenvalue weighted by molar-refractivity contribution is -0.110. The second-order valence-corrected chi connectivity index (χ2v) is 4.33. The highest BCUT2D eigenvalue weighted by molar-refractivity contribution is 6.33. The molecular weight excluding hydrogens is 248 g/mol. The Balaban J connectivity index is 1.99. The molecule has 1 aromatic carbocycles. The minimum atomic E-state index is -0.0829. The van der Waals surface area contributed by atoms with E-state index in [0.29, 0.717) is 17.5 Å². The van der Waals surface area contributed by atoms with Crippen molar-refractivity contribution in [1.82, 2.24) is 0 Å². The average Bonchev–Trinajstić information content (AvgIpc) is 2.36.